The number of hydrogen-bond donors (Lipinski definition) is 0. The number of likely N-dealkylation sites (N-methyl/N-ethyl adjacent to an activating group) is 1. The van der Waals surface area contributed by atoms with Gasteiger partial charge in [0.2, 0.25) is 0 Å². The molecule has 0 amide bonds. The maximum Gasteiger partial charge on any atom is 0.0644 e. The van der Waals surface area contributed by atoms with Crippen LogP contribution in [0.25, 0.3) is 5.57 Å². The SMILES string of the molecule is CCN1c2cc(Cl)c(C=Nc3cccc(Cl)c3)cc2C(C)=CC1(C)C. The maximum atomic E-state index is 6.56. The van der Waals surface area contributed by atoms with Gasteiger partial charge in [-0.05, 0) is 63.6 Å². The summed E-state index contributed by atoms with van der Waals surface area (Å²) in [6, 6.07) is 11.6. The van der Waals surface area contributed by atoms with Crippen LogP contribution >= 0.6 is 23.2 Å². The van der Waals surface area contributed by atoms with Crippen molar-refractivity contribution in [3.63, 3.8) is 0 Å². The first-order chi connectivity index (χ1) is 11.8. The van der Waals surface area contributed by atoms with Crippen molar-refractivity contribution < 1.29 is 0 Å². The molecule has 2 aromatic carbocycles. The zero-order chi connectivity index (χ0) is 18.2. The van der Waals surface area contributed by atoms with Gasteiger partial charge in [0.05, 0.1) is 16.2 Å². The topological polar surface area (TPSA) is 15.6 Å². The van der Waals surface area contributed by atoms with E-state index in [1.165, 1.54) is 16.8 Å². The summed E-state index contributed by atoms with van der Waals surface area (Å²) in [6.07, 6.45) is 4.11. The van der Waals surface area contributed by atoms with E-state index in [0.29, 0.717) is 10.0 Å². The van der Waals surface area contributed by atoms with Crippen LogP contribution in [0.5, 0.6) is 0 Å². The van der Waals surface area contributed by atoms with Gasteiger partial charge in [-0.25, -0.2) is 0 Å². The second-order valence-electron chi connectivity index (χ2n) is 6.85. The molecular formula is C21H22Cl2N2. The van der Waals surface area contributed by atoms with Crippen molar-refractivity contribution in [3.05, 3.63) is 63.6 Å². The van der Waals surface area contributed by atoms with Gasteiger partial charge in [-0.1, -0.05) is 35.3 Å². The lowest BCUT2D eigenvalue weighted by atomic mass is 9.88. The van der Waals surface area contributed by atoms with Gasteiger partial charge in [0.1, 0.15) is 0 Å². The van der Waals surface area contributed by atoms with Gasteiger partial charge in [0.25, 0.3) is 0 Å². The summed E-state index contributed by atoms with van der Waals surface area (Å²) in [4.78, 5) is 6.89. The first kappa shape index (κ1) is 18.0. The summed E-state index contributed by atoms with van der Waals surface area (Å²) >= 11 is 12.6. The second kappa shape index (κ2) is 6.86. The highest BCUT2D eigenvalue weighted by atomic mass is 35.5. The molecule has 0 atom stereocenters. The van der Waals surface area contributed by atoms with Crippen molar-refractivity contribution in [2.24, 2.45) is 4.99 Å². The van der Waals surface area contributed by atoms with Crippen molar-refractivity contribution in [2.75, 3.05) is 11.4 Å². The van der Waals surface area contributed by atoms with E-state index < -0.39 is 0 Å². The van der Waals surface area contributed by atoms with E-state index in [1.54, 1.807) is 6.21 Å². The van der Waals surface area contributed by atoms with Gasteiger partial charge in [0, 0.05) is 34.6 Å². The summed E-state index contributed by atoms with van der Waals surface area (Å²) in [5.74, 6) is 0. The summed E-state index contributed by atoms with van der Waals surface area (Å²) in [6.45, 7) is 9.70. The Kier molecular flexibility index (Phi) is 4.95. The third-order valence-electron chi connectivity index (χ3n) is 4.57. The van der Waals surface area contributed by atoms with Crippen LogP contribution in [0.2, 0.25) is 10.0 Å². The number of halogens is 2. The predicted molar refractivity (Wildman–Crippen MR) is 111 cm³/mol. The number of allylic oxidation sites excluding steroid dienone is 1. The van der Waals surface area contributed by atoms with Crippen molar-refractivity contribution >= 4 is 46.4 Å². The Morgan fingerprint density at radius 1 is 1.16 bits per heavy atom. The molecule has 0 spiro atoms. The quantitative estimate of drug-likeness (QED) is 0.542. The first-order valence-corrected chi connectivity index (χ1v) is 9.18. The Balaban J connectivity index is 2.03. The fourth-order valence-electron chi connectivity index (χ4n) is 3.49. The van der Waals surface area contributed by atoms with Crippen LogP contribution < -0.4 is 4.90 Å². The first-order valence-electron chi connectivity index (χ1n) is 8.42. The minimum absolute atomic E-state index is 0.0223. The van der Waals surface area contributed by atoms with Crippen molar-refractivity contribution in [3.8, 4) is 0 Å². The molecule has 0 N–H and O–H groups in total. The summed E-state index contributed by atoms with van der Waals surface area (Å²) in [5.41, 5.74) is 5.34. The highest BCUT2D eigenvalue weighted by Crippen LogP contribution is 2.41. The lowest BCUT2D eigenvalue weighted by Gasteiger charge is -2.43. The molecule has 0 unspecified atom stereocenters. The molecule has 3 rings (SSSR count). The average Bonchev–Trinajstić information content (AvgIpc) is 2.53. The molecule has 4 heteroatoms. The largest absolute Gasteiger partial charge is 0.363 e. The summed E-state index contributed by atoms with van der Waals surface area (Å²) in [5, 5.41) is 1.37. The van der Waals surface area contributed by atoms with Crippen molar-refractivity contribution in [2.45, 2.75) is 33.2 Å². The second-order valence-corrected chi connectivity index (χ2v) is 7.70. The fourth-order valence-corrected chi connectivity index (χ4v) is 3.88. The Bertz CT molecular complexity index is 866. The van der Waals surface area contributed by atoms with E-state index in [9.17, 15) is 0 Å². The zero-order valence-corrected chi connectivity index (χ0v) is 16.5. The maximum absolute atomic E-state index is 6.56. The third kappa shape index (κ3) is 3.61. The number of anilines is 1. The summed E-state index contributed by atoms with van der Waals surface area (Å²) in [7, 11) is 0. The number of rotatable bonds is 3. The molecule has 0 bridgehead atoms. The van der Waals surface area contributed by atoms with Crippen molar-refractivity contribution in [1.82, 2.24) is 0 Å². The van der Waals surface area contributed by atoms with Gasteiger partial charge >= 0.3 is 0 Å². The molecular weight excluding hydrogens is 351 g/mol. The van der Waals surface area contributed by atoms with E-state index in [2.05, 4.69) is 55.8 Å². The van der Waals surface area contributed by atoms with E-state index in [-0.39, 0.29) is 5.54 Å². The Labute approximate surface area is 159 Å². The molecule has 25 heavy (non-hydrogen) atoms. The van der Waals surface area contributed by atoms with Crippen LogP contribution in [-0.4, -0.2) is 18.3 Å². The highest BCUT2D eigenvalue weighted by molar-refractivity contribution is 6.33. The summed E-state index contributed by atoms with van der Waals surface area (Å²) < 4.78 is 0. The van der Waals surface area contributed by atoms with Crippen LogP contribution in [0.15, 0.2) is 47.5 Å². The molecule has 0 radical (unpaired) electrons. The van der Waals surface area contributed by atoms with Gasteiger partial charge in [-0.15, -0.1) is 0 Å². The predicted octanol–water partition coefficient (Wildman–Crippen LogP) is 6.77. The third-order valence-corrected chi connectivity index (χ3v) is 5.14. The molecule has 2 nitrogen and oxygen atoms in total. The number of aliphatic imine (C=N–C) groups is 1. The molecule has 130 valence electrons. The van der Waals surface area contributed by atoms with Crippen LogP contribution in [0, 0.1) is 0 Å². The standard InChI is InChI=1S/C21H22Cl2N2/c1-5-25-20-11-19(23)15(9-18(20)14(2)12-21(25,3)4)13-24-17-8-6-7-16(22)10-17/h6-13H,5H2,1-4H3. The van der Waals surface area contributed by atoms with Crippen LogP contribution in [-0.2, 0) is 0 Å². The molecule has 0 saturated heterocycles. The molecule has 0 aliphatic carbocycles. The molecule has 0 aromatic heterocycles. The molecule has 0 saturated carbocycles. The molecule has 0 fully saturated rings. The normalized spacial score (nSPS) is 16.1. The van der Waals surface area contributed by atoms with Gasteiger partial charge < -0.3 is 4.90 Å². The van der Waals surface area contributed by atoms with Crippen molar-refractivity contribution in [1.29, 1.82) is 0 Å². The lowest BCUT2D eigenvalue weighted by molar-refractivity contribution is 0.566. The fraction of sp³-hybridized carbons (Fsp3) is 0.286. The Morgan fingerprint density at radius 3 is 2.60 bits per heavy atom. The Morgan fingerprint density at radius 2 is 1.92 bits per heavy atom. The van der Waals surface area contributed by atoms with Gasteiger partial charge in [-0.3, -0.25) is 4.99 Å². The Hall–Kier alpha value is -1.77. The minimum atomic E-state index is -0.0223. The zero-order valence-electron chi connectivity index (χ0n) is 15.0. The van der Waals surface area contributed by atoms with E-state index in [4.69, 9.17) is 23.2 Å². The minimum Gasteiger partial charge on any atom is -0.363 e. The highest BCUT2D eigenvalue weighted by Gasteiger charge is 2.30. The van der Waals surface area contributed by atoms with Crippen LogP contribution in [0.3, 0.4) is 0 Å². The number of nitrogens with zero attached hydrogens (tertiary/aromatic N) is 2. The smallest absolute Gasteiger partial charge is 0.0644 e. The number of benzene rings is 2. The van der Waals surface area contributed by atoms with Crippen LogP contribution in [0.4, 0.5) is 11.4 Å². The number of fused-ring (bicyclic) bond motifs is 1. The van der Waals surface area contributed by atoms with Gasteiger partial charge in [0.15, 0.2) is 0 Å². The van der Waals surface area contributed by atoms with E-state index in [1.807, 2.05) is 24.3 Å². The van der Waals surface area contributed by atoms with Gasteiger partial charge in [-0.2, -0.15) is 0 Å². The monoisotopic (exact) mass is 372 g/mol. The van der Waals surface area contributed by atoms with Crippen LogP contribution in [0.1, 0.15) is 38.8 Å². The molecule has 1 heterocycles. The lowest BCUT2D eigenvalue weighted by Crippen LogP contribution is -2.44. The average molecular weight is 373 g/mol. The number of hydrogen-bond acceptors (Lipinski definition) is 2. The van der Waals surface area contributed by atoms with E-state index >= 15 is 0 Å². The molecule has 1 aliphatic heterocycles. The van der Waals surface area contributed by atoms with E-state index in [0.717, 1.165) is 17.8 Å². The molecule has 1 aliphatic rings. The molecule has 2 aromatic rings.